The van der Waals surface area contributed by atoms with Crippen molar-refractivity contribution in [1.29, 1.82) is 0 Å². The van der Waals surface area contributed by atoms with Gasteiger partial charge >= 0.3 is 5.97 Å². The van der Waals surface area contributed by atoms with Crippen LogP contribution in [0.15, 0.2) is 0 Å². The fourth-order valence-corrected chi connectivity index (χ4v) is 4.87. The molecule has 2 aliphatic rings. The first kappa shape index (κ1) is 21.4. The lowest BCUT2D eigenvalue weighted by molar-refractivity contribution is -0.162. The first-order chi connectivity index (χ1) is 12.0. The Kier molecular flexibility index (Phi) is 6.89. The third-order valence-electron chi connectivity index (χ3n) is 6.32. The van der Waals surface area contributed by atoms with Gasteiger partial charge in [-0.2, -0.15) is 0 Å². The fraction of sp³-hybridized carbons (Fsp3) is 0.905. The van der Waals surface area contributed by atoms with E-state index in [2.05, 4.69) is 37.7 Å². The average Bonchev–Trinajstić information content (AvgIpc) is 2.50. The van der Waals surface area contributed by atoms with Crippen molar-refractivity contribution >= 4 is 11.8 Å². The van der Waals surface area contributed by atoms with E-state index in [-0.39, 0.29) is 23.7 Å². The van der Waals surface area contributed by atoms with Gasteiger partial charge in [0.05, 0.1) is 0 Å². The summed E-state index contributed by atoms with van der Waals surface area (Å²) in [6, 6.07) is 0.219. The van der Waals surface area contributed by atoms with Crippen molar-refractivity contribution in [1.82, 2.24) is 9.80 Å². The summed E-state index contributed by atoms with van der Waals surface area (Å²) in [5, 5.41) is 0. The number of Topliss-reactive ketones (excluding diaryl/α,β-unsaturated/α-hetero) is 1. The molecule has 0 saturated carbocycles. The molecule has 2 fully saturated rings. The maximum absolute atomic E-state index is 12.9. The van der Waals surface area contributed by atoms with Crippen LogP contribution in [0.25, 0.3) is 0 Å². The van der Waals surface area contributed by atoms with Crippen LogP contribution in [0.4, 0.5) is 0 Å². The number of ether oxygens (including phenoxy) is 1. The van der Waals surface area contributed by atoms with Crippen LogP contribution in [0.5, 0.6) is 0 Å². The number of ketones is 1. The molecule has 4 atom stereocenters. The third kappa shape index (κ3) is 4.86. The molecular weight excluding hydrogens is 328 g/mol. The molecular formula is C21H38N2O3. The van der Waals surface area contributed by atoms with Gasteiger partial charge in [0, 0.05) is 37.5 Å². The largest absolute Gasteiger partial charge is 0.463 e. The van der Waals surface area contributed by atoms with Gasteiger partial charge in [0.25, 0.3) is 0 Å². The molecule has 0 aromatic rings. The number of esters is 1. The Morgan fingerprint density at radius 2 is 1.58 bits per heavy atom. The zero-order valence-electron chi connectivity index (χ0n) is 17.7. The molecule has 0 bridgehead atoms. The van der Waals surface area contributed by atoms with Crippen molar-refractivity contribution in [2.45, 2.75) is 53.5 Å². The van der Waals surface area contributed by atoms with Crippen molar-refractivity contribution in [3.8, 4) is 0 Å². The molecule has 2 rings (SSSR count). The summed E-state index contributed by atoms with van der Waals surface area (Å²) in [6.07, 6.45) is 1.94. The quantitative estimate of drug-likeness (QED) is 0.527. The number of hydrogen-bond donors (Lipinski definition) is 0. The first-order valence-electron chi connectivity index (χ1n) is 10.1. The fourth-order valence-electron chi connectivity index (χ4n) is 4.87. The highest BCUT2D eigenvalue weighted by Gasteiger charge is 2.42. The lowest BCUT2D eigenvalue weighted by Crippen LogP contribution is -2.57. The number of likely N-dealkylation sites (N-methyl/N-ethyl adjacent to an activating group) is 1. The van der Waals surface area contributed by atoms with Gasteiger partial charge in [-0.05, 0) is 52.6 Å². The lowest BCUT2D eigenvalue weighted by Gasteiger charge is -2.45. The molecule has 26 heavy (non-hydrogen) atoms. The molecule has 0 amide bonds. The zero-order chi connectivity index (χ0) is 19.6. The monoisotopic (exact) mass is 366 g/mol. The molecule has 0 N–H and O–H groups in total. The number of cyclic esters (lactones) is 1. The van der Waals surface area contributed by atoms with Gasteiger partial charge in [-0.1, -0.05) is 20.8 Å². The summed E-state index contributed by atoms with van der Waals surface area (Å²) in [5.74, 6) is 1.06. The van der Waals surface area contributed by atoms with Crippen LogP contribution >= 0.6 is 0 Å². The van der Waals surface area contributed by atoms with Gasteiger partial charge in [-0.15, -0.1) is 0 Å². The van der Waals surface area contributed by atoms with Gasteiger partial charge in [0.15, 0.2) is 5.78 Å². The van der Waals surface area contributed by atoms with E-state index in [9.17, 15) is 9.59 Å². The second-order valence-electron chi connectivity index (χ2n) is 9.66. The number of rotatable bonds is 1. The highest BCUT2D eigenvalue weighted by Crippen LogP contribution is 2.31. The summed E-state index contributed by atoms with van der Waals surface area (Å²) in [5.41, 5.74) is -1.07. The highest BCUT2D eigenvalue weighted by atomic mass is 16.5. The van der Waals surface area contributed by atoms with Crippen molar-refractivity contribution in [3.63, 3.8) is 0 Å². The van der Waals surface area contributed by atoms with Gasteiger partial charge in [0.2, 0.25) is 0 Å². The summed E-state index contributed by atoms with van der Waals surface area (Å²) in [4.78, 5) is 30.3. The van der Waals surface area contributed by atoms with Crippen molar-refractivity contribution in [2.24, 2.45) is 29.1 Å². The molecule has 0 aromatic heterocycles. The highest BCUT2D eigenvalue weighted by molar-refractivity contribution is 6.03. The van der Waals surface area contributed by atoms with Crippen LogP contribution in [0, 0.1) is 29.1 Å². The van der Waals surface area contributed by atoms with E-state index < -0.39 is 5.41 Å². The molecule has 150 valence electrons. The Bertz CT molecular complexity index is 513. The molecule has 0 aliphatic carbocycles. The zero-order valence-corrected chi connectivity index (χ0v) is 17.7. The Balaban J connectivity index is 2.21. The summed E-state index contributed by atoms with van der Waals surface area (Å²) in [7, 11) is 4.27. The minimum absolute atomic E-state index is 0.00883. The van der Waals surface area contributed by atoms with Crippen LogP contribution in [0.1, 0.15) is 47.5 Å². The van der Waals surface area contributed by atoms with Gasteiger partial charge < -0.3 is 9.64 Å². The Hall–Kier alpha value is -0.940. The van der Waals surface area contributed by atoms with E-state index in [1.54, 1.807) is 13.8 Å². The topological polar surface area (TPSA) is 49.9 Å². The van der Waals surface area contributed by atoms with Crippen molar-refractivity contribution in [3.05, 3.63) is 0 Å². The van der Waals surface area contributed by atoms with Gasteiger partial charge in [-0.25, -0.2) is 0 Å². The molecule has 5 nitrogen and oxygen atoms in total. The van der Waals surface area contributed by atoms with Crippen LogP contribution in [0.3, 0.4) is 0 Å². The van der Waals surface area contributed by atoms with E-state index >= 15 is 0 Å². The van der Waals surface area contributed by atoms with Gasteiger partial charge in [0.1, 0.15) is 12.0 Å². The molecule has 2 saturated heterocycles. The van der Waals surface area contributed by atoms with Crippen LogP contribution in [-0.4, -0.2) is 67.9 Å². The maximum atomic E-state index is 12.9. The molecule has 0 radical (unpaired) electrons. The number of likely N-dealkylation sites (tertiary alicyclic amines) is 1. The van der Waals surface area contributed by atoms with E-state index in [0.29, 0.717) is 24.4 Å². The summed E-state index contributed by atoms with van der Waals surface area (Å²) < 4.78 is 5.71. The standard InChI is InChI=1S/C21H38N2O3/c1-14-8-15(2)10-23(7)18(17-11-22(6)12-17)13-26-20(25)21(4,5)19(24)16(3)9-14/h14-18H,8-13H2,1-7H3/t14-,15?,16-,18+/m1/s1. The van der Waals surface area contributed by atoms with E-state index in [1.807, 2.05) is 6.92 Å². The lowest BCUT2D eigenvalue weighted by atomic mass is 9.78. The second kappa shape index (κ2) is 8.39. The number of hydrogen-bond acceptors (Lipinski definition) is 5. The predicted molar refractivity (Wildman–Crippen MR) is 104 cm³/mol. The number of nitrogens with zero attached hydrogens (tertiary/aromatic N) is 2. The number of carbonyl (C=O) groups excluding carboxylic acids is 2. The summed E-state index contributed by atoms with van der Waals surface area (Å²) >= 11 is 0. The van der Waals surface area contributed by atoms with Crippen molar-refractivity contribution < 1.29 is 14.3 Å². The maximum Gasteiger partial charge on any atom is 0.319 e. The average molecular weight is 367 g/mol. The Labute approximate surface area is 159 Å². The van der Waals surface area contributed by atoms with E-state index in [1.165, 1.54) is 0 Å². The van der Waals surface area contributed by atoms with Crippen molar-refractivity contribution in [2.75, 3.05) is 40.3 Å². The third-order valence-corrected chi connectivity index (χ3v) is 6.32. The van der Waals surface area contributed by atoms with Crippen LogP contribution < -0.4 is 0 Å². The Morgan fingerprint density at radius 1 is 0.962 bits per heavy atom. The minimum Gasteiger partial charge on any atom is -0.463 e. The number of carbonyl (C=O) groups is 2. The minimum atomic E-state index is -1.07. The summed E-state index contributed by atoms with van der Waals surface area (Å²) in [6.45, 7) is 13.4. The van der Waals surface area contributed by atoms with E-state index in [4.69, 9.17) is 4.74 Å². The molecule has 5 heteroatoms. The normalized spacial score (nSPS) is 36.4. The Morgan fingerprint density at radius 3 is 2.15 bits per heavy atom. The second-order valence-corrected chi connectivity index (χ2v) is 9.66. The van der Waals surface area contributed by atoms with Crippen LogP contribution in [-0.2, 0) is 14.3 Å². The SMILES string of the molecule is CC1C[C@@H](C)C[C@@H](C)C(=O)C(C)(C)C(=O)OC[C@@H](C2CN(C)C2)N(C)C1. The molecule has 2 heterocycles. The molecule has 0 aromatic carbocycles. The van der Waals surface area contributed by atoms with Gasteiger partial charge in [-0.3, -0.25) is 14.5 Å². The molecule has 1 unspecified atom stereocenters. The predicted octanol–water partition coefficient (Wildman–Crippen LogP) is 2.69. The molecule has 2 aliphatic heterocycles. The smallest absolute Gasteiger partial charge is 0.319 e. The van der Waals surface area contributed by atoms with Crippen LogP contribution in [0.2, 0.25) is 0 Å². The molecule has 0 spiro atoms. The van der Waals surface area contributed by atoms with E-state index in [0.717, 1.165) is 32.5 Å². The first-order valence-corrected chi connectivity index (χ1v) is 10.1.